The van der Waals surface area contributed by atoms with Crippen LogP contribution in [0, 0.1) is 0 Å². The van der Waals surface area contributed by atoms with Gasteiger partial charge in [-0.2, -0.15) is 0 Å². The average Bonchev–Trinajstić information content (AvgIpc) is 2.06. The third-order valence-electron chi connectivity index (χ3n) is 1.61. The molecular formula is C9H7NORh. The number of fused-ring (bicyclic) bond motifs is 1. The second kappa shape index (κ2) is 3.64. The SMILES string of the molecule is Oc1cccc2cccnc12.[Rh]. The van der Waals surface area contributed by atoms with Gasteiger partial charge in [-0.1, -0.05) is 18.2 Å². The van der Waals surface area contributed by atoms with Crippen LogP contribution in [-0.2, 0) is 19.5 Å². The van der Waals surface area contributed by atoms with Crippen LogP contribution in [0.2, 0.25) is 0 Å². The molecule has 1 N–H and O–H groups in total. The van der Waals surface area contributed by atoms with Gasteiger partial charge in [0.15, 0.2) is 0 Å². The van der Waals surface area contributed by atoms with Gasteiger partial charge in [0.05, 0.1) is 0 Å². The monoisotopic (exact) mass is 248 g/mol. The Morgan fingerprint density at radius 1 is 1.08 bits per heavy atom. The maximum absolute atomic E-state index is 9.31. The van der Waals surface area contributed by atoms with Gasteiger partial charge in [-0.25, -0.2) is 0 Å². The number of nitrogens with zero attached hydrogens (tertiary/aromatic N) is 1. The number of phenolic OH excluding ortho intramolecular Hbond substituents is 1. The van der Waals surface area contributed by atoms with E-state index in [9.17, 15) is 5.11 Å². The minimum absolute atomic E-state index is 0. The Morgan fingerprint density at radius 3 is 2.58 bits per heavy atom. The summed E-state index contributed by atoms with van der Waals surface area (Å²) in [5, 5.41) is 10.3. The van der Waals surface area contributed by atoms with Crippen molar-refractivity contribution in [3.63, 3.8) is 0 Å². The normalized spacial score (nSPS) is 9.33. The van der Waals surface area contributed by atoms with E-state index in [1.807, 2.05) is 18.2 Å². The number of benzene rings is 1. The summed E-state index contributed by atoms with van der Waals surface area (Å²) in [6.07, 6.45) is 1.67. The topological polar surface area (TPSA) is 33.1 Å². The van der Waals surface area contributed by atoms with E-state index in [0.717, 1.165) is 5.39 Å². The van der Waals surface area contributed by atoms with Crippen LogP contribution >= 0.6 is 0 Å². The molecule has 0 amide bonds. The zero-order chi connectivity index (χ0) is 7.68. The number of pyridine rings is 1. The summed E-state index contributed by atoms with van der Waals surface area (Å²) in [4.78, 5) is 4.03. The molecule has 0 bridgehead atoms. The Hall–Kier alpha value is -0.947. The van der Waals surface area contributed by atoms with Crippen LogP contribution in [0.3, 0.4) is 0 Å². The summed E-state index contributed by atoms with van der Waals surface area (Å²) >= 11 is 0. The van der Waals surface area contributed by atoms with Crippen LogP contribution in [0.25, 0.3) is 10.9 Å². The van der Waals surface area contributed by atoms with E-state index in [-0.39, 0.29) is 25.2 Å². The number of para-hydroxylation sites is 1. The van der Waals surface area contributed by atoms with Gasteiger partial charge < -0.3 is 5.11 Å². The van der Waals surface area contributed by atoms with E-state index in [4.69, 9.17) is 0 Å². The van der Waals surface area contributed by atoms with Crippen molar-refractivity contribution in [1.29, 1.82) is 0 Å². The number of rotatable bonds is 0. The first-order valence-corrected chi connectivity index (χ1v) is 3.40. The summed E-state index contributed by atoms with van der Waals surface area (Å²) in [6, 6.07) is 9.13. The molecule has 0 spiro atoms. The van der Waals surface area contributed by atoms with Crippen molar-refractivity contribution in [3.8, 4) is 5.75 Å². The van der Waals surface area contributed by atoms with Crippen LogP contribution < -0.4 is 0 Å². The molecule has 1 heterocycles. The third-order valence-corrected chi connectivity index (χ3v) is 1.61. The molecule has 0 saturated heterocycles. The largest absolute Gasteiger partial charge is 0.506 e. The number of hydrogen-bond donors (Lipinski definition) is 1. The van der Waals surface area contributed by atoms with Crippen molar-refractivity contribution in [1.82, 2.24) is 4.98 Å². The van der Waals surface area contributed by atoms with E-state index in [0.29, 0.717) is 5.52 Å². The molecule has 0 fully saturated rings. The van der Waals surface area contributed by atoms with E-state index >= 15 is 0 Å². The van der Waals surface area contributed by atoms with E-state index in [2.05, 4.69) is 4.98 Å². The molecule has 0 aliphatic rings. The predicted molar refractivity (Wildman–Crippen MR) is 43.4 cm³/mol. The van der Waals surface area contributed by atoms with Gasteiger partial charge in [0.1, 0.15) is 11.3 Å². The molecule has 1 aromatic carbocycles. The molecule has 2 rings (SSSR count). The van der Waals surface area contributed by atoms with Crippen LogP contribution in [0.4, 0.5) is 0 Å². The fourth-order valence-corrected chi connectivity index (χ4v) is 1.09. The molecule has 12 heavy (non-hydrogen) atoms. The fourth-order valence-electron chi connectivity index (χ4n) is 1.09. The summed E-state index contributed by atoms with van der Waals surface area (Å²) in [6.45, 7) is 0. The molecule has 2 nitrogen and oxygen atoms in total. The van der Waals surface area contributed by atoms with Gasteiger partial charge in [-0.15, -0.1) is 0 Å². The van der Waals surface area contributed by atoms with Crippen LogP contribution in [0.1, 0.15) is 0 Å². The second-order valence-corrected chi connectivity index (χ2v) is 2.35. The molecule has 2 aromatic rings. The minimum atomic E-state index is 0. The maximum Gasteiger partial charge on any atom is 0.141 e. The number of aromatic nitrogens is 1. The van der Waals surface area contributed by atoms with Gasteiger partial charge in [0.25, 0.3) is 0 Å². The van der Waals surface area contributed by atoms with Gasteiger partial charge in [-0.3, -0.25) is 4.98 Å². The molecule has 0 saturated carbocycles. The van der Waals surface area contributed by atoms with E-state index in [1.165, 1.54) is 0 Å². The number of hydrogen-bond acceptors (Lipinski definition) is 2. The van der Waals surface area contributed by atoms with Crippen LogP contribution in [-0.4, -0.2) is 10.1 Å². The number of aromatic hydroxyl groups is 1. The molecule has 3 heteroatoms. The Bertz CT molecular complexity index is 384. The maximum atomic E-state index is 9.31. The standard InChI is InChI=1S/C9H7NO.Rh/c11-8-5-1-3-7-4-2-6-10-9(7)8;/h1-6,11H;. The van der Waals surface area contributed by atoms with Crippen LogP contribution in [0.15, 0.2) is 36.5 Å². The van der Waals surface area contributed by atoms with E-state index < -0.39 is 0 Å². The Labute approximate surface area is 83.0 Å². The molecule has 0 aliphatic heterocycles. The minimum Gasteiger partial charge on any atom is -0.506 e. The molecule has 63 valence electrons. The van der Waals surface area contributed by atoms with Gasteiger partial charge in [-0.05, 0) is 12.1 Å². The quantitative estimate of drug-likeness (QED) is 0.722. The molecule has 1 radical (unpaired) electrons. The first-order valence-electron chi connectivity index (χ1n) is 3.40. The van der Waals surface area contributed by atoms with Crippen molar-refractivity contribution in [3.05, 3.63) is 36.5 Å². The van der Waals surface area contributed by atoms with Gasteiger partial charge >= 0.3 is 0 Å². The van der Waals surface area contributed by atoms with Crippen molar-refractivity contribution in [2.75, 3.05) is 0 Å². The van der Waals surface area contributed by atoms with Crippen LogP contribution in [0.5, 0.6) is 5.75 Å². The fraction of sp³-hybridized carbons (Fsp3) is 0. The van der Waals surface area contributed by atoms with Crippen molar-refractivity contribution in [2.24, 2.45) is 0 Å². The predicted octanol–water partition coefficient (Wildman–Crippen LogP) is 1.94. The zero-order valence-electron chi connectivity index (χ0n) is 6.19. The molecule has 0 aliphatic carbocycles. The Morgan fingerprint density at radius 2 is 1.83 bits per heavy atom. The second-order valence-electron chi connectivity index (χ2n) is 2.35. The van der Waals surface area contributed by atoms with Crippen molar-refractivity contribution >= 4 is 10.9 Å². The summed E-state index contributed by atoms with van der Waals surface area (Å²) in [5.41, 5.74) is 0.662. The molecule has 1 aromatic heterocycles. The third kappa shape index (κ3) is 1.46. The molecule has 0 atom stereocenters. The average molecular weight is 248 g/mol. The summed E-state index contributed by atoms with van der Waals surface area (Å²) in [7, 11) is 0. The van der Waals surface area contributed by atoms with Crippen molar-refractivity contribution in [2.45, 2.75) is 0 Å². The Kier molecular flexibility index (Phi) is 2.77. The van der Waals surface area contributed by atoms with Gasteiger partial charge in [0, 0.05) is 31.1 Å². The summed E-state index contributed by atoms with van der Waals surface area (Å²) in [5.74, 6) is 0.239. The zero-order valence-corrected chi connectivity index (χ0v) is 7.83. The number of phenols is 1. The smallest absolute Gasteiger partial charge is 0.141 e. The van der Waals surface area contributed by atoms with Crippen molar-refractivity contribution < 1.29 is 24.6 Å². The molecule has 0 unspecified atom stereocenters. The molecular weight excluding hydrogens is 241 g/mol. The van der Waals surface area contributed by atoms with Gasteiger partial charge in [0.2, 0.25) is 0 Å². The van der Waals surface area contributed by atoms with E-state index in [1.54, 1.807) is 18.3 Å². The first-order chi connectivity index (χ1) is 5.38. The first kappa shape index (κ1) is 9.14. The Balaban J connectivity index is 0.000000720. The summed E-state index contributed by atoms with van der Waals surface area (Å²) < 4.78 is 0.